The van der Waals surface area contributed by atoms with Gasteiger partial charge in [0.15, 0.2) is 5.76 Å². The highest BCUT2D eigenvalue weighted by molar-refractivity contribution is 6.33. The third-order valence-corrected chi connectivity index (χ3v) is 5.01. The minimum absolute atomic E-state index is 0.121. The first-order valence-corrected chi connectivity index (χ1v) is 9.72. The van der Waals surface area contributed by atoms with Crippen molar-refractivity contribution in [1.82, 2.24) is 0 Å². The monoisotopic (exact) mass is 433 g/mol. The van der Waals surface area contributed by atoms with Crippen LogP contribution in [0.2, 0.25) is 5.02 Å². The molecule has 0 atom stereocenters. The summed E-state index contributed by atoms with van der Waals surface area (Å²) in [5.74, 6) is 1.55. The molecule has 0 aliphatic heterocycles. The average Bonchev–Trinajstić information content (AvgIpc) is 3.25. The lowest BCUT2D eigenvalue weighted by Crippen LogP contribution is -1.99. The van der Waals surface area contributed by atoms with Crippen LogP contribution in [0.1, 0.15) is 21.7 Å². The molecular weight excluding hydrogens is 418 g/mol. The summed E-state index contributed by atoms with van der Waals surface area (Å²) in [6.07, 6.45) is 0. The molecule has 0 saturated heterocycles. The van der Waals surface area contributed by atoms with Crippen LogP contribution in [0.4, 0.5) is 5.69 Å². The number of ketones is 1. The third-order valence-electron chi connectivity index (χ3n) is 4.70. The molecule has 0 bridgehead atoms. The van der Waals surface area contributed by atoms with Crippen LogP contribution in [0.15, 0.2) is 83.3 Å². The Morgan fingerprint density at radius 2 is 1.74 bits per heavy atom. The topological polar surface area (TPSA) is 82.6 Å². The van der Waals surface area contributed by atoms with Crippen molar-refractivity contribution in [3.05, 3.63) is 111 Å². The van der Waals surface area contributed by atoms with Crippen molar-refractivity contribution in [2.24, 2.45) is 0 Å². The molecular formula is C24H16ClNO5. The zero-order chi connectivity index (χ0) is 22.0. The van der Waals surface area contributed by atoms with Gasteiger partial charge in [-0.1, -0.05) is 29.8 Å². The standard InChI is InChI=1S/C24H16ClNO5/c1-15-4-2-3-5-21(15)30-18-9-6-16(7-10-18)24(27)23-13-12-22(31-23)19-11-8-17(26(28)29)14-20(19)25/h2-14H,1H3. The molecule has 1 aromatic heterocycles. The molecule has 0 radical (unpaired) electrons. The molecule has 0 N–H and O–H groups in total. The van der Waals surface area contributed by atoms with Crippen LogP contribution in [-0.2, 0) is 0 Å². The van der Waals surface area contributed by atoms with E-state index in [1.165, 1.54) is 18.2 Å². The highest BCUT2D eigenvalue weighted by atomic mass is 35.5. The lowest BCUT2D eigenvalue weighted by Gasteiger charge is -2.08. The number of carbonyl (C=O) groups excluding carboxylic acids is 1. The van der Waals surface area contributed by atoms with E-state index in [1.807, 2.05) is 31.2 Å². The first kappa shape index (κ1) is 20.4. The van der Waals surface area contributed by atoms with Crippen molar-refractivity contribution >= 4 is 23.1 Å². The molecule has 6 nitrogen and oxygen atoms in total. The number of rotatable bonds is 6. The Labute approximate surface area is 182 Å². The van der Waals surface area contributed by atoms with Gasteiger partial charge in [-0.2, -0.15) is 0 Å². The number of nitro groups is 1. The number of para-hydroxylation sites is 1. The molecule has 0 aliphatic rings. The summed E-state index contributed by atoms with van der Waals surface area (Å²) in [6.45, 7) is 1.96. The van der Waals surface area contributed by atoms with E-state index >= 15 is 0 Å². The predicted molar refractivity (Wildman–Crippen MR) is 117 cm³/mol. The number of nitrogens with zero attached hydrogens (tertiary/aromatic N) is 1. The summed E-state index contributed by atoms with van der Waals surface area (Å²) < 4.78 is 11.5. The predicted octanol–water partition coefficient (Wildman–Crippen LogP) is 6.84. The molecule has 154 valence electrons. The van der Waals surface area contributed by atoms with Crippen molar-refractivity contribution in [3.63, 3.8) is 0 Å². The maximum Gasteiger partial charge on any atom is 0.270 e. The van der Waals surface area contributed by atoms with Gasteiger partial charge in [0.2, 0.25) is 5.78 Å². The number of non-ortho nitro benzene ring substituents is 1. The van der Waals surface area contributed by atoms with Crippen LogP contribution < -0.4 is 4.74 Å². The second kappa shape index (κ2) is 8.45. The molecule has 0 saturated carbocycles. The zero-order valence-electron chi connectivity index (χ0n) is 16.4. The summed E-state index contributed by atoms with van der Waals surface area (Å²) in [6, 6.07) is 21.7. The quantitative estimate of drug-likeness (QED) is 0.189. The SMILES string of the molecule is Cc1ccccc1Oc1ccc(C(=O)c2ccc(-c3ccc([N+](=O)[O-])cc3Cl)o2)cc1. The summed E-state index contributed by atoms with van der Waals surface area (Å²) in [5.41, 5.74) is 1.79. The van der Waals surface area contributed by atoms with Gasteiger partial charge in [0.25, 0.3) is 5.69 Å². The van der Waals surface area contributed by atoms with Crippen LogP contribution in [0.25, 0.3) is 11.3 Å². The van der Waals surface area contributed by atoms with Gasteiger partial charge < -0.3 is 9.15 Å². The van der Waals surface area contributed by atoms with Gasteiger partial charge in [-0.05, 0) is 61.0 Å². The Balaban J connectivity index is 1.52. The fourth-order valence-corrected chi connectivity index (χ4v) is 3.30. The Kier molecular flexibility index (Phi) is 5.56. The van der Waals surface area contributed by atoms with E-state index in [0.29, 0.717) is 22.6 Å². The number of hydrogen-bond donors (Lipinski definition) is 0. The number of aryl methyl sites for hydroxylation is 1. The fourth-order valence-electron chi connectivity index (χ4n) is 3.04. The molecule has 0 amide bonds. The van der Waals surface area contributed by atoms with Gasteiger partial charge in [0.1, 0.15) is 17.3 Å². The van der Waals surface area contributed by atoms with Crippen LogP contribution >= 0.6 is 11.6 Å². The lowest BCUT2D eigenvalue weighted by atomic mass is 10.1. The van der Waals surface area contributed by atoms with E-state index < -0.39 is 4.92 Å². The third kappa shape index (κ3) is 4.34. The van der Waals surface area contributed by atoms with E-state index in [4.69, 9.17) is 20.8 Å². The highest BCUT2D eigenvalue weighted by Crippen LogP contribution is 2.33. The highest BCUT2D eigenvalue weighted by Gasteiger charge is 2.17. The normalized spacial score (nSPS) is 10.6. The van der Waals surface area contributed by atoms with Crippen LogP contribution in [0, 0.1) is 17.0 Å². The average molecular weight is 434 g/mol. The first-order chi connectivity index (χ1) is 14.9. The number of benzene rings is 3. The van der Waals surface area contributed by atoms with Crippen molar-refractivity contribution in [2.75, 3.05) is 0 Å². The zero-order valence-corrected chi connectivity index (χ0v) is 17.1. The second-order valence-electron chi connectivity index (χ2n) is 6.81. The van der Waals surface area contributed by atoms with Gasteiger partial charge in [-0.3, -0.25) is 14.9 Å². The Morgan fingerprint density at radius 3 is 2.42 bits per heavy atom. The lowest BCUT2D eigenvalue weighted by molar-refractivity contribution is -0.384. The van der Waals surface area contributed by atoms with Crippen molar-refractivity contribution in [3.8, 4) is 22.8 Å². The minimum atomic E-state index is -0.529. The van der Waals surface area contributed by atoms with Crippen LogP contribution in [-0.4, -0.2) is 10.7 Å². The van der Waals surface area contributed by atoms with E-state index in [0.717, 1.165) is 11.3 Å². The molecule has 4 rings (SSSR count). The van der Waals surface area contributed by atoms with Crippen molar-refractivity contribution in [1.29, 1.82) is 0 Å². The maximum absolute atomic E-state index is 12.8. The summed E-state index contributed by atoms with van der Waals surface area (Å²) >= 11 is 6.15. The van der Waals surface area contributed by atoms with Crippen molar-refractivity contribution in [2.45, 2.75) is 6.92 Å². The van der Waals surface area contributed by atoms with Crippen LogP contribution in [0.5, 0.6) is 11.5 Å². The largest absolute Gasteiger partial charge is 0.457 e. The minimum Gasteiger partial charge on any atom is -0.457 e. The smallest absolute Gasteiger partial charge is 0.270 e. The van der Waals surface area contributed by atoms with E-state index in [9.17, 15) is 14.9 Å². The van der Waals surface area contributed by atoms with Gasteiger partial charge in [0, 0.05) is 23.3 Å². The number of halogens is 1. The van der Waals surface area contributed by atoms with E-state index in [2.05, 4.69) is 0 Å². The van der Waals surface area contributed by atoms with Gasteiger partial charge in [-0.25, -0.2) is 0 Å². The fraction of sp³-hybridized carbons (Fsp3) is 0.0417. The van der Waals surface area contributed by atoms with Gasteiger partial charge >= 0.3 is 0 Å². The second-order valence-corrected chi connectivity index (χ2v) is 7.21. The molecule has 7 heteroatoms. The summed E-state index contributed by atoms with van der Waals surface area (Å²) in [7, 11) is 0. The van der Waals surface area contributed by atoms with E-state index in [1.54, 1.807) is 36.4 Å². The Bertz CT molecular complexity index is 1280. The number of hydrogen-bond acceptors (Lipinski definition) is 5. The molecule has 4 aromatic rings. The van der Waals surface area contributed by atoms with Crippen LogP contribution in [0.3, 0.4) is 0 Å². The molecule has 0 aliphatic carbocycles. The van der Waals surface area contributed by atoms with Gasteiger partial charge in [-0.15, -0.1) is 0 Å². The molecule has 3 aromatic carbocycles. The molecule has 0 fully saturated rings. The Morgan fingerprint density at radius 1 is 1.00 bits per heavy atom. The van der Waals surface area contributed by atoms with Crippen molar-refractivity contribution < 1.29 is 18.9 Å². The molecule has 1 heterocycles. The number of nitro benzene ring substituents is 1. The first-order valence-electron chi connectivity index (χ1n) is 9.35. The molecule has 31 heavy (non-hydrogen) atoms. The molecule has 0 unspecified atom stereocenters. The number of carbonyl (C=O) groups is 1. The summed E-state index contributed by atoms with van der Waals surface area (Å²) in [4.78, 5) is 23.1. The number of ether oxygens (including phenoxy) is 1. The summed E-state index contributed by atoms with van der Waals surface area (Å²) in [5, 5.41) is 11.0. The maximum atomic E-state index is 12.8. The van der Waals surface area contributed by atoms with Gasteiger partial charge in [0.05, 0.1) is 9.95 Å². The molecule has 0 spiro atoms. The number of furan rings is 1. The Hall–Kier alpha value is -3.90. The van der Waals surface area contributed by atoms with E-state index in [-0.39, 0.29) is 22.3 Å².